The van der Waals surface area contributed by atoms with Gasteiger partial charge in [0.2, 0.25) is 0 Å². The van der Waals surface area contributed by atoms with Crippen LogP contribution in [0.4, 0.5) is 29.3 Å². The number of anilines is 2. The van der Waals surface area contributed by atoms with E-state index >= 15 is 0 Å². The number of nitrogens with zero attached hydrogens (tertiary/aromatic N) is 3. The Morgan fingerprint density at radius 3 is 2.37 bits per heavy atom. The minimum atomic E-state index is -4.76. The molecule has 0 fully saturated rings. The van der Waals surface area contributed by atoms with Crippen molar-refractivity contribution < 1.29 is 22.7 Å². The number of carbonyl (C=O) groups excluding carboxylic acids is 1. The van der Waals surface area contributed by atoms with E-state index in [-0.39, 0.29) is 5.75 Å². The van der Waals surface area contributed by atoms with Gasteiger partial charge in [0, 0.05) is 16.9 Å². The Balaban J connectivity index is 1.32. The lowest BCUT2D eigenvalue weighted by atomic mass is 10.0. The fourth-order valence-corrected chi connectivity index (χ4v) is 3.76. The quantitative estimate of drug-likeness (QED) is 0.153. The van der Waals surface area contributed by atoms with E-state index < -0.39 is 17.9 Å². The number of hydrogen-bond acceptors (Lipinski definition) is 6. The average molecular weight is 543 g/mol. The van der Waals surface area contributed by atoms with Gasteiger partial charge in [-0.05, 0) is 72.1 Å². The number of amides is 2. The van der Waals surface area contributed by atoms with Crippen molar-refractivity contribution in [2.24, 2.45) is 0 Å². The largest absolute Gasteiger partial charge is 0.573 e. The Labute approximate surface area is 222 Å². The predicted octanol–water partition coefficient (Wildman–Crippen LogP) is 6.40. The highest BCUT2D eigenvalue weighted by Gasteiger charge is 2.31. The molecule has 0 aliphatic rings. The van der Waals surface area contributed by atoms with Crippen molar-refractivity contribution in [3.63, 3.8) is 0 Å². The van der Waals surface area contributed by atoms with Gasteiger partial charge in [0.1, 0.15) is 17.6 Å². The van der Waals surface area contributed by atoms with Crippen molar-refractivity contribution >= 4 is 30.0 Å². The number of benzene rings is 3. The van der Waals surface area contributed by atoms with Crippen LogP contribution in [0.5, 0.6) is 5.75 Å². The molecule has 3 aromatic carbocycles. The number of rotatable bonds is 8. The van der Waals surface area contributed by atoms with E-state index in [4.69, 9.17) is 0 Å². The standard InChI is InChI=1S/C26H25F3N6O2S/c1-16(2)18-4-3-5-20(14-18)32-25(38)33-24(36)31-19-8-6-17(7-9-19)23-30-15-35(34-23)21-10-12-22(13-11-21)37-26(27,28)29/h3-16,25,32,38H,1-2H3,(H2,31,33,36). The molecule has 12 heteroatoms. The predicted molar refractivity (Wildman–Crippen MR) is 143 cm³/mol. The Morgan fingerprint density at radius 2 is 1.71 bits per heavy atom. The molecule has 0 aliphatic carbocycles. The summed E-state index contributed by atoms with van der Waals surface area (Å²) in [5.74, 6) is 0.459. The van der Waals surface area contributed by atoms with Gasteiger partial charge in [-0.15, -0.1) is 30.9 Å². The number of aromatic nitrogens is 3. The van der Waals surface area contributed by atoms with E-state index in [9.17, 15) is 18.0 Å². The molecule has 0 saturated heterocycles. The highest BCUT2D eigenvalue weighted by Crippen LogP contribution is 2.24. The number of nitrogens with one attached hydrogen (secondary N) is 3. The monoisotopic (exact) mass is 542 g/mol. The van der Waals surface area contributed by atoms with Crippen LogP contribution in [0, 0.1) is 0 Å². The Hall–Kier alpha value is -4.19. The maximum Gasteiger partial charge on any atom is 0.573 e. The zero-order valence-corrected chi connectivity index (χ0v) is 21.3. The number of urea groups is 1. The number of carbonyl (C=O) groups is 1. The molecule has 8 nitrogen and oxygen atoms in total. The summed E-state index contributed by atoms with van der Waals surface area (Å²) in [5, 5.41) is 13.0. The second-order valence-corrected chi connectivity index (χ2v) is 9.07. The van der Waals surface area contributed by atoms with Gasteiger partial charge >= 0.3 is 12.4 Å². The second kappa shape index (κ2) is 11.5. The number of hydrogen-bond donors (Lipinski definition) is 4. The van der Waals surface area contributed by atoms with Crippen LogP contribution in [0.25, 0.3) is 17.1 Å². The zero-order chi connectivity index (χ0) is 27.3. The van der Waals surface area contributed by atoms with E-state index in [1.165, 1.54) is 40.8 Å². The van der Waals surface area contributed by atoms with Gasteiger partial charge in [0.25, 0.3) is 0 Å². The van der Waals surface area contributed by atoms with Crippen molar-refractivity contribution in [2.45, 2.75) is 31.6 Å². The van der Waals surface area contributed by atoms with Crippen LogP contribution in [0.15, 0.2) is 79.1 Å². The highest BCUT2D eigenvalue weighted by atomic mass is 32.1. The van der Waals surface area contributed by atoms with E-state index in [1.54, 1.807) is 24.3 Å². The normalized spacial score (nSPS) is 12.2. The summed E-state index contributed by atoms with van der Waals surface area (Å²) in [7, 11) is 0. The first-order valence-electron chi connectivity index (χ1n) is 11.6. The SMILES string of the molecule is CC(C)c1cccc(NC(S)NC(=O)Nc2ccc(-c3ncn(-c4ccc(OC(F)(F)F)cc4)n3)cc2)c1. The number of thiol groups is 1. The van der Waals surface area contributed by atoms with Crippen molar-refractivity contribution in [3.05, 3.63) is 84.7 Å². The molecule has 4 aromatic rings. The minimum absolute atomic E-state index is 0.325. The summed E-state index contributed by atoms with van der Waals surface area (Å²) in [5.41, 5.74) is 3.16. The second-order valence-electron chi connectivity index (χ2n) is 8.56. The summed E-state index contributed by atoms with van der Waals surface area (Å²) in [6, 6.07) is 19.6. The fraction of sp³-hybridized carbons (Fsp3) is 0.192. The Kier molecular flexibility index (Phi) is 8.10. The average Bonchev–Trinajstić information content (AvgIpc) is 3.34. The van der Waals surface area contributed by atoms with E-state index in [1.807, 2.05) is 24.3 Å². The molecule has 38 heavy (non-hydrogen) atoms. The van der Waals surface area contributed by atoms with Crippen LogP contribution in [0.3, 0.4) is 0 Å². The van der Waals surface area contributed by atoms with Crippen LogP contribution in [-0.4, -0.2) is 32.7 Å². The third-order valence-electron chi connectivity index (χ3n) is 5.35. The number of ether oxygens (including phenoxy) is 1. The third-order valence-corrected chi connectivity index (χ3v) is 5.61. The first kappa shape index (κ1) is 26.9. The maximum atomic E-state index is 12.4. The van der Waals surface area contributed by atoms with Crippen LogP contribution < -0.4 is 20.7 Å². The molecule has 2 amide bonds. The van der Waals surface area contributed by atoms with Crippen LogP contribution in [0.1, 0.15) is 25.3 Å². The summed E-state index contributed by atoms with van der Waals surface area (Å²) in [6.07, 6.45) is -3.31. The van der Waals surface area contributed by atoms with Crippen molar-refractivity contribution in [1.82, 2.24) is 20.1 Å². The Morgan fingerprint density at radius 1 is 1.00 bits per heavy atom. The maximum absolute atomic E-state index is 12.4. The molecule has 0 aliphatic heterocycles. The Bertz CT molecular complexity index is 1380. The van der Waals surface area contributed by atoms with Crippen LogP contribution in [0.2, 0.25) is 0 Å². The molecule has 1 heterocycles. The van der Waals surface area contributed by atoms with Gasteiger partial charge in [-0.1, -0.05) is 26.0 Å². The summed E-state index contributed by atoms with van der Waals surface area (Å²) in [6.45, 7) is 4.21. The highest BCUT2D eigenvalue weighted by molar-refractivity contribution is 7.81. The molecule has 1 unspecified atom stereocenters. The lowest BCUT2D eigenvalue weighted by Crippen LogP contribution is -2.39. The van der Waals surface area contributed by atoms with E-state index in [0.29, 0.717) is 28.7 Å². The van der Waals surface area contributed by atoms with Crippen molar-refractivity contribution in [2.75, 3.05) is 10.6 Å². The lowest BCUT2D eigenvalue weighted by Gasteiger charge is -2.18. The lowest BCUT2D eigenvalue weighted by molar-refractivity contribution is -0.274. The van der Waals surface area contributed by atoms with Gasteiger partial charge in [0.15, 0.2) is 5.82 Å². The number of halogens is 3. The molecule has 3 N–H and O–H groups in total. The van der Waals surface area contributed by atoms with Crippen molar-refractivity contribution in [1.29, 1.82) is 0 Å². The first-order chi connectivity index (χ1) is 18.1. The topological polar surface area (TPSA) is 93.1 Å². The minimum Gasteiger partial charge on any atom is -0.406 e. The smallest absolute Gasteiger partial charge is 0.406 e. The van der Waals surface area contributed by atoms with E-state index in [0.717, 1.165) is 5.69 Å². The van der Waals surface area contributed by atoms with Gasteiger partial charge in [-0.3, -0.25) is 0 Å². The summed E-state index contributed by atoms with van der Waals surface area (Å²) < 4.78 is 42.3. The summed E-state index contributed by atoms with van der Waals surface area (Å²) in [4.78, 5) is 16.6. The van der Waals surface area contributed by atoms with E-state index in [2.05, 4.69) is 57.2 Å². The number of alkyl halides is 3. The fourth-order valence-electron chi connectivity index (χ4n) is 3.50. The van der Waals surface area contributed by atoms with Gasteiger partial charge < -0.3 is 20.7 Å². The summed E-state index contributed by atoms with van der Waals surface area (Å²) >= 11 is 4.39. The molecular formula is C26H25F3N6O2S. The molecule has 4 rings (SSSR count). The van der Waals surface area contributed by atoms with Crippen molar-refractivity contribution in [3.8, 4) is 22.8 Å². The van der Waals surface area contributed by atoms with Gasteiger partial charge in [0.05, 0.1) is 5.69 Å². The molecule has 0 bridgehead atoms. The zero-order valence-electron chi connectivity index (χ0n) is 20.4. The van der Waals surface area contributed by atoms with Gasteiger partial charge in [-0.25, -0.2) is 14.5 Å². The first-order valence-corrected chi connectivity index (χ1v) is 12.1. The molecule has 0 spiro atoms. The molecule has 1 aromatic heterocycles. The van der Waals surface area contributed by atoms with Crippen LogP contribution in [-0.2, 0) is 0 Å². The molecule has 0 saturated carbocycles. The molecule has 198 valence electrons. The van der Waals surface area contributed by atoms with Crippen LogP contribution >= 0.6 is 12.6 Å². The third kappa shape index (κ3) is 7.42. The molecule has 0 radical (unpaired) electrons. The molecule has 1 atom stereocenters. The molecular weight excluding hydrogens is 517 g/mol. The van der Waals surface area contributed by atoms with Gasteiger partial charge in [-0.2, -0.15) is 0 Å².